The Morgan fingerprint density at radius 3 is 3.11 bits per heavy atom. The molecule has 1 saturated heterocycles. The first-order chi connectivity index (χ1) is 9.13. The van der Waals surface area contributed by atoms with E-state index >= 15 is 0 Å². The van der Waals surface area contributed by atoms with Crippen LogP contribution in [0.1, 0.15) is 25.3 Å². The van der Waals surface area contributed by atoms with Crippen molar-refractivity contribution in [1.82, 2.24) is 20.2 Å². The van der Waals surface area contributed by atoms with Crippen molar-refractivity contribution in [1.29, 1.82) is 0 Å². The van der Waals surface area contributed by atoms with Gasteiger partial charge in [-0.15, -0.1) is 0 Å². The fourth-order valence-electron chi connectivity index (χ4n) is 1.96. The summed E-state index contributed by atoms with van der Waals surface area (Å²) in [5.74, 6) is 1.86. The first-order valence-electron chi connectivity index (χ1n) is 6.46. The van der Waals surface area contributed by atoms with E-state index in [2.05, 4.69) is 27.2 Å². The lowest BCUT2D eigenvalue weighted by atomic mass is 10.3. The van der Waals surface area contributed by atoms with Crippen LogP contribution < -0.4 is 10.0 Å². The largest absolute Gasteiger partial charge is 0.313 e. The molecule has 1 aliphatic heterocycles. The number of hydrogen-bond acceptors (Lipinski definition) is 5. The van der Waals surface area contributed by atoms with E-state index in [0.29, 0.717) is 12.1 Å². The van der Waals surface area contributed by atoms with Gasteiger partial charge in [-0.2, -0.15) is 16.9 Å². The van der Waals surface area contributed by atoms with E-state index in [0.717, 1.165) is 30.9 Å². The summed E-state index contributed by atoms with van der Waals surface area (Å²) < 4.78 is 27.3. The summed E-state index contributed by atoms with van der Waals surface area (Å²) in [6.45, 7) is 3.44. The average Bonchev–Trinajstić information content (AvgIpc) is 3.00. The van der Waals surface area contributed by atoms with Gasteiger partial charge in [0.2, 0.25) is 0 Å². The molecule has 0 bridgehead atoms. The van der Waals surface area contributed by atoms with Gasteiger partial charge < -0.3 is 5.32 Å². The molecule has 0 saturated carbocycles. The predicted molar refractivity (Wildman–Crippen MR) is 76.6 cm³/mol. The zero-order valence-corrected chi connectivity index (χ0v) is 12.6. The lowest BCUT2D eigenvalue weighted by molar-refractivity contribution is 0.556. The van der Waals surface area contributed by atoms with E-state index in [1.165, 1.54) is 0 Å². The summed E-state index contributed by atoms with van der Waals surface area (Å²) in [4.78, 5) is 0. The first kappa shape index (κ1) is 14.8. The van der Waals surface area contributed by atoms with Crippen LogP contribution in [0.5, 0.6) is 0 Å². The van der Waals surface area contributed by atoms with Crippen LogP contribution in [0.15, 0.2) is 11.2 Å². The second kappa shape index (κ2) is 6.74. The van der Waals surface area contributed by atoms with E-state index in [9.17, 15) is 8.42 Å². The summed E-state index contributed by atoms with van der Waals surface area (Å²) in [5.41, 5.74) is 0.687. The van der Waals surface area contributed by atoms with E-state index in [1.807, 2.05) is 0 Å². The third kappa shape index (κ3) is 3.95. The van der Waals surface area contributed by atoms with Crippen LogP contribution in [-0.4, -0.2) is 42.7 Å². The highest BCUT2D eigenvalue weighted by molar-refractivity contribution is 7.99. The van der Waals surface area contributed by atoms with Crippen molar-refractivity contribution in [2.45, 2.75) is 37.4 Å². The number of nitrogens with one attached hydrogen (secondary N) is 3. The van der Waals surface area contributed by atoms with Crippen molar-refractivity contribution in [2.24, 2.45) is 0 Å². The molecule has 8 heteroatoms. The molecule has 108 valence electrons. The highest BCUT2D eigenvalue weighted by Gasteiger charge is 2.26. The Morgan fingerprint density at radius 1 is 1.58 bits per heavy atom. The maximum atomic E-state index is 12.3. The van der Waals surface area contributed by atoms with Gasteiger partial charge in [0, 0.05) is 23.9 Å². The smallest absolute Gasteiger partial charge is 0.258 e. The van der Waals surface area contributed by atoms with Crippen molar-refractivity contribution >= 4 is 21.8 Å². The van der Waals surface area contributed by atoms with Crippen molar-refractivity contribution in [3.63, 3.8) is 0 Å². The second-order valence-electron chi connectivity index (χ2n) is 4.58. The summed E-state index contributed by atoms with van der Waals surface area (Å²) >= 11 is 1.78. The quantitative estimate of drug-likeness (QED) is 0.645. The molecule has 6 nitrogen and oxygen atoms in total. The molecule has 1 aromatic heterocycles. The second-order valence-corrected chi connectivity index (χ2v) is 7.38. The van der Waals surface area contributed by atoms with Crippen LogP contribution in [0, 0.1) is 0 Å². The first-order valence-corrected chi connectivity index (χ1v) is 9.10. The maximum absolute atomic E-state index is 12.3. The van der Waals surface area contributed by atoms with Crippen molar-refractivity contribution in [3.05, 3.63) is 11.8 Å². The molecular weight excluding hydrogens is 284 g/mol. The van der Waals surface area contributed by atoms with Crippen molar-refractivity contribution in [3.8, 4) is 0 Å². The summed E-state index contributed by atoms with van der Waals surface area (Å²) in [6, 6.07) is 0.0368. The zero-order chi connectivity index (χ0) is 13.7. The number of rotatable bonds is 7. The molecule has 0 spiro atoms. The molecule has 0 amide bonds. The Hall–Kier alpha value is -0.570. The average molecular weight is 304 g/mol. The standard InChI is InChI=1S/C11H20N4O2S2/c1-2-4-12-6-9-7-13-14-11(9)19(16,17)15-10-3-5-18-8-10/h7,10,12,15H,2-6,8H2,1H3,(H,13,14). The monoisotopic (exact) mass is 304 g/mol. The normalized spacial score (nSPS) is 19.9. The molecule has 1 unspecified atom stereocenters. The Kier molecular flexibility index (Phi) is 5.26. The van der Waals surface area contributed by atoms with Gasteiger partial charge >= 0.3 is 0 Å². The highest BCUT2D eigenvalue weighted by atomic mass is 32.2. The van der Waals surface area contributed by atoms with Gasteiger partial charge in [-0.3, -0.25) is 5.10 Å². The number of aromatic nitrogens is 2. The topological polar surface area (TPSA) is 86.9 Å². The van der Waals surface area contributed by atoms with Gasteiger partial charge in [0.15, 0.2) is 5.03 Å². The predicted octanol–water partition coefficient (Wildman–Crippen LogP) is 0.693. The number of hydrogen-bond donors (Lipinski definition) is 3. The Labute approximate surface area is 118 Å². The number of sulfonamides is 1. The number of aromatic amines is 1. The minimum absolute atomic E-state index is 0.0368. The lowest BCUT2D eigenvalue weighted by Crippen LogP contribution is -2.35. The summed E-state index contributed by atoms with van der Waals surface area (Å²) in [6.07, 6.45) is 3.47. The van der Waals surface area contributed by atoms with Crippen LogP contribution in [0.3, 0.4) is 0 Å². The van der Waals surface area contributed by atoms with Gasteiger partial charge in [-0.25, -0.2) is 13.1 Å². The van der Waals surface area contributed by atoms with Crippen LogP contribution in [-0.2, 0) is 16.6 Å². The highest BCUT2D eigenvalue weighted by Crippen LogP contribution is 2.20. The molecular formula is C11H20N4O2S2. The Bertz CT molecular complexity index is 495. The molecule has 0 aromatic carbocycles. The summed E-state index contributed by atoms with van der Waals surface area (Å²) in [7, 11) is -3.49. The molecule has 0 radical (unpaired) electrons. The molecule has 1 fully saturated rings. The molecule has 3 N–H and O–H groups in total. The molecule has 1 atom stereocenters. The van der Waals surface area contributed by atoms with Gasteiger partial charge in [-0.05, 0) is 25.1 Å². The van der Waals surface area contributed by atoms with E-state index in [-0.39, 0.29) is 11.1 Å². The van der Waals surface area contributed by atoms with Crippen LogP contribution in [0.2, 0.25) is 0 Å². The van der Waals surface area contributed by atoms with E-state index < -0.39 is 10.0 Å². The minimum Gasteiger partial charge on any atom is -0.313 e. The third-order valence-corrected chi connectivity index (χ3v) is 5.64. The van der Waals surface area contributed by atoms with Crippen LogP contribution in [0.25, 0.3) is 0 Å². The van der Waals surface area contributed by atoms with Crippen LogP contribution >= 0.6 is 11.8 Å². The van der Waals surface area contributed by atoms with Gasteiger partial charge in [0.05, 0.1) is 6.20 Å². The number of thioether (sulfide) groups is 1. The van der Waals surface area contributed by atoms with E-state index in [1.54, 1.807) is 18.0 Å². The third-order valence-electron chi connectivity index (χ3n) is 2.94. The molecule has 0 aliphatic carbocycles. The Morgan fingerprint density at radius 2 is 2.42 bits per heavy atom. The van der Waals surface area contributed by atoms with E-state index in [4.69, 9.17) is 0 Å². The SMILES string of the molecule is CCCNCc1cn[nH]c1S(=O)(=O)NC1CCSC1. The maximum Gasteiger partial charge on any atom is 0.258 e. The van der Waals surface area contributed by atoms with Crippen molar-refractivity contribution < 1.29 is 8.42 Å². The number of nitrogens with zero attached hydrogens (tertiary/aromatic N) is 1. The van der Waals surface area contributed by atoms with Crippen LogP contribution in [0.4, 0.5) is 0 Å². The molecule has 2 heterocycles. The number of H-pyrrole nitrogens is 1. The summed E-state index contributed by atoms with van der Waals surface area (Å²) in [5, 5.41) is 9.83. The molecule has 1 aromatic rings. The van der Waals surface area contributed by atoms with Gasteiger partial charge in [-0.1, -0.05) is 6.92 Å². The molecule has 19 heavy (non-hydrogen) atoms. The van der Waals surface area contributed by atoms with Crippen molar-refractivity contribution in [2.75, 3.05) is 18.1 Å². The lowest BCUT2D eigenvalue weighted by Gasteiger charge is -2.12. The molecule has 1 aliphatic rings. The van der Waals surface area contributed by atoms with Gasteiger partial charge in [0.1, 0.15) is 0 Å². The Balaban J connectivity index is 2.04. The zero-order valence-electron chi connectivity index (χ0n) is 11.0. The fourth-order valence-corrected chi connectivity index (χ4v) is 4.62. The molecule has 2 rings (SSSR count). The minimum atomic E-state index is -3.49. The fraction of sp³-hybridized carbons (Fsp3) is 0.727. The van der Waals surface area contributed by atoms with Gasteiger partial charge in [0.25, 0.3) is 10.0 Å².